The highest BCUT2D eigenvalue weighted by Crippen LogP contribution is 2.71. The van der Waals surface area contributed by atoms with Gasteiger partial charge in [0.2, 0.25) is 0 Å². The normalized spacial score (nSPS) is 19.2. The van der Waals surface area contributed by atoms with E-state index in [4.69, 9.17) is 28.3 Å². The molecule has 190 valence electrons. The van der Waals surface area contributed by atoms with E-state index in [2.05, 4.69) is 102 Å². The summed E-state index contributed by atoms with van der Waals surface area (Å²) in [5.41, 5.74) is 6.92. The van der Waals surface area contributed by atoms with Crippen LogP contribution in [0.1, 0.15) is 27.8 Å². The molecule has 1 spiro atoms. The molecule has 1 unspecified atom stereocenters. The number of hydrazone groups is 1. The largest absolute Gasteiger partial charge is 0.233 e. The first-order chi connectivity index (χ1) is 19.1. The molecule has 0 bridgehead atoms. The van der Waals surface area contributed by atoms with Crippen LogP contribution in [0.15, 0.2) is 139 Å². The van der Waals surface area contributed by atoms with Gasteiger partial charge in [-0.2, -0.15) is 5.10 Å². The monoisotopic (exact) mass is 580 g/mol. The maximum Gasteiger partial charge on any atom is 0.187 e. The fourth-order valence-electron chi connectivity index (χ4n) is 5.43. The summed E-state index contributed by atoms with van der Waals surface area (Å²) in [5.74, 6) is 0. The Kier molecular flexibility index (Phi) is 6.24. The van der Waals surface area contributed by atoms with Crippen LogP contribution >= 0.6 is 46.7 Å². The second-order valence-corrected chi connectivity index (χ2v) is 13.2. The lowest BCUT2D eigenvalue weighted by molar-refractivity contribution is 0.806. The smallest absolute Gasteiger partial charge is 0.187 e. The van der Waals surface area contributed by atoms with Crippen LogP contribution in [-0.4, -0.2) is 5.04 Å². The minimum Gasteiger partial charge on any atom is -0.233 e. The first-order valence-corrected chi connectivity index (χ1v) is 15.0. The molecule has 0 aromatic heterocycles. The predicted octanol–water partition coefficient (Wildman–Crippen LogP) is 9.76. The van der Waals surface area contributed by atoms with Crippen molar-refractivity contribution in [3.63, 3.8) is 0 Å². The van der Waals surface area contributed by atoms with Crippen molar-refractivity contribution >= 4 is 57.5 Å². The molecule has 0 radical (unpaired) electrons. The Balaban J connectivity index is 1.50. The maximum absolute atomic E-state index is 6.39. The van der Waals surface area contributed by atoms with Crippen molar-refractivity contribution in [1.29, 1.82) is 0 Å². The number of nitrogens with zero attached hydrogens (tertiary/aromatic N) is 2. The third-order valence-corrected chi connectivity index (χ3v) is 11.0. The highest BCUT2D eigenvalue weighted by Gasteiger charge is 2.61. The first kappa shape index (κ1) is 24.9. The van der Waals surface area contributed by atoms with Crippen LogP contribution < -0.4 is 5.01 Å². The second kappa shape index (κ2) is 9.79. The fourth-order valence-corrected chi connectivity index (χ4v) is 9.35. The number of benzene rings is 5. The highest BCUT2D eigenvalue weighted by atomic mass is 35.5. The molecular weight excluding hydrogens is 559 g/mol. The number of thioether (sulfide) groups is 2. The molecule has 0 amide bonds. The molecular formula is C33H22Cl2N2S2. The van der Waals surface area contributed by atoms with Gasteiger partial charge in [-0.05, 0) is 53.1 Å². The van der Waals surface area contributed by atoms with E-state index in [1.54, 1.807) is 11.8 Å². The van der Waals surface area contributed by atoms with Gasteiger partial charge >= 0.3 is 0 Å². The molecule has 7 rings (SSSR count). The van der Waals surface area contributed by atoms with Gasteiger partial charge in [0.05, 0.1) is 10.4 Å². The molecule has 0 fully saturated rings. The Bertz CT molecular complexity index is 1630. The molecule has 1 atom stereocenters. The highest BCUT2D eigenvalue weighted by molar-refractivity contribution is 8.26. The molecule has 5 aromatic rings. The quantitative estimate of drug-likeness (QED) is 0.210. The Morgan fingerprint density at radius 3 is 1.67 bits per heavy atom. The van der Waals surface area contributed by atoms with Gasteiger partial charge in [0.15, 0.2) is 4.20 Å². The van der Waals surface area contributed by atoms with Crippen molar-refractivity contribution in [3.8, 4) is 0 Å². The maximum atomic E-state index is 6.39. The fraction of sp³-hybridized carbons (Fsp3) is 0.0606. The van der Waals surface area contributed by atoms with Gasteiger partial charge in [0, 0.05) is 21.2 Å². The predicted molar refractivity (Wildman–Crippen MR) is 168 cm³/mol. The zero-order chi connectivity index (χ0) is 26.5. The SMILES string of the molecule is Clc1ccc(C2(c3ccc(Cl)cc3)SC3(SC(c4ccccc4)=NN3c3ccccc3)c3ccccc32)cc1. The summed E-state index contributed by atoms with van der Waals surface area (Å²) >= 11 is 16.5. The molecule has 5 aromatic carbocycles. The van der Waals surface area contributed by atoms with Gasteiger partial charge in [0.1, 0.15) is 5.04 Å². The molecule has 0 saturated heterocycles. The molecule has 0 aliphatic carbocycles. The standard InChI is InChI=1S/C33H22Cl2N2S2/c34-26-19-15-24(16-20-26)32(25-17-21-27(35)22-18-25)29-13-7-8-14-30(29)33(39-32)37(28-11-5-2-6-12-28)36-31(38-33)23-9-3-1-4-10-23/h1-22H. The van der Waals surface area contributed by atoms with Crippen LogP contribution in [0.2, 0.25) is 10.0 Å². The Morgan fingerprint density at radius 1 is 0.564 bits per heavy atom. The van der Waals surface area contributed by atoms with E-state index in [1.807, 2.05) is 48.2 Å². The van der Waals surface area contributed by atoms with E-state index in [-0.39, 0.29) is 0 Å². The Morgan fingerprint density at radius 2 is 1.08 bits per heavy atom. The summed E-state index contributed by atoms with van der Waals surface area (Å²) in [5, 5.41) is 9.92. The summed E-state index contributed by atoms with van der Waals surface area (Å²) in [6, 6.07) is 46.1. The van der Waals surface area contributed by atoms with Gasteiger partial charge in [-0.1, -0.05) is 144 Å². The van der Waals surface area contributed by atoms with Crippen molar-refractivity contribution < 1.29 is 0 Å². The molecule has 39 heavy (non-hydrogen) atoms. The first-order valence-electron chi connectivity index (χ1n) is 12.6. The van der Waals surface area contributed by atoms with Gasteiger partial charge < -0.3 is 0 Å². The summed E-state index contributed by atoms with van der Waals surface area (Å²) in [6.45, 7) is 0. The lowest BCUT2D eigenvalue weighted by atomic mass is 9.82. The zero-order valence-electron chi connectivity index (χ0n) is 20.7. The molecule has 6 heteroatoms. The lowest BCUT2D eigenvalue weighted by Gasteiger charge is -2.37. The summed E-state index contributed by atoms with van der Waals surface area (Å²) < 4.78 is -1.07. The van der Waals surface area contributed by atoms with E-state index in [1.165, 1.54) is 11.1 Å². The number of hydrogen-bond acceptors (Lipinski definition) is 4. The second-order valence-electron chi connectivity index (χ2n) is 9.45. The average Bonchev–Trinajstić information content (AvgIpc) is 3.52. The van der Waals surface area contributed by atoms with E-state index in [9.17, 15) is 0 Å². The Hall–Kier alpha value is -3.15. The number of para-hydroxylation sites is 1. The third kappa shape index (κ3) is 4.01. The van der Waals surface area contributed by atoms with Crippen LogP contribution in [0.5, 0.6) is 0 Å². The van der Waals surface area contributed by atoms with Crippen molar-refractivity contribution in [3.05, 3.63) is 171 Å². The van der Waals surface area contributed by atoms with E-state index in [0.717, 1.165) is 27.4 Å². The summed E-state index contributed by atoms with van der Waals surface area (Å²) in [7, 11) is 0. The van der Waals surface area contributed by atoms with Crippen LogP contribution in [0.4, 0.5) is 5.69 Å². The summed E-state index contributed by atoms with van der Waals surface area (Å²) in [4.78, 5) is 0. The van der Waals surface area contributed by atoms with Gasteiger partial charge in [-0.25, -0.2) is 5.01 Å². The van der Waals surface area contributed by atoms with Crippen molar-refractivity contribution in [1.82, 2.24) is 0 Å². The van der Waals surface area contributed by atoms with Crippen LogP contribution in [0.3, 0.4) is 0 Å². The van der Waals surface area contributed by atoms with Crippen molar-refractivity contribution in [2.75, 3.05) is 5.01 Å². The topological polar surface area (TPSA) is 15.6 Å². The van der Waals surface area contributed by atoms with E-state index >= 15 is 0 Å². The number of anilines is 1. The summed E-state index contributed by atoms with van der Waals surface area (Å²) in [6.07, 6.45) is 0. The van der Waals surface area contributed by atoms with Crippen LogP contribution in [-0.2, 0) is 8.95 Å². The third-order valence-electron chi connectivity index (χ3n) is 7.17. The van der Waals surface area contributed by atoms with Crippen molar-refractivity contribution in [2.24, 2.45) is 5.10 Å². The van der Waals surface area contributed by atoms with Crippen molar-refractivity contribution in [2.45, 2.75) is 8.95 Å². The molecule has 2 aliphatic rings. The van der Waals surface area contributed by atoms with E-state index in [0.29, 0.717) is 10.0 Å². The minimum absolute atomic E-state index is 0.520. The van der Waals surface area contributed by atoms with Gasteiger partial charge in [-0.3, -0.25) is 0 Å². The molecule has 0 N–H and O–H groups in total. The van der Waals surface area contributed by atoms with Crippen LogP contribution in [0.25, 0.3) is 0 Å². The average molecular weight is 582 g/mol. The van der Waals surface area contributed by atoms with E-state index < -0.39 is 8.95 Å². The van der Waals surface area contributed by atoms with Crippen LogP contribution in [0, 0.1) is 0 Å². The minimum atomic E-state index is -0.553. The zero-order valence-corrected chi connectivity index (χ0v) is 23.8. The molecule has 2 aliphatic heterocycles. The van der Waals surface area contributed by atoms with Gasteiger partial charge in [0.25, 0.3) is 0 Å². The Labute approximate surface area is 246 Å². The molecule has 2 heterocycles. The lowest BCUT2D eigenvalue weighted by Crippen LogP contribution is -2.33. The number of rotatable bonds is 4. The molecule has 0 saturated carbocycles. The number of halogens is 2. The number of fused-ring (bicyclic) bond motifs is 2. The number of hydrogen-bond donors (Lipinski definition) is 0. The van der Waals surface area contributed by atoms with Gasteiger partial charge in [-0.15, -0.1) is 0 Å². The molecule has 2 nitrogen and oxygen atoms in total.